The normalized spacial score (nSPS) is 22.5. The van der Waals surface area contributed by atoms with Crippen LogP contribution in [0.15, 0.2) is 42.7 Å². The maximum absolute atomic E-state index is 11.5. The van der Waals surface area contributed by atoms with Gasteiger partial charge in [-0.05, 0) is 11.1 Å². The van der Waals surface area contributed by atoms with Gasteiger partial charge in [-0.25, -0.2) is 0 Å². The van der Waals surface area contributed by atoms with Gasteiger partial charge in [-0.2, -0.15) is 5.10 Å². The van der Waals surface area contributed by atoms with Gasteiger partial charge in [0.05, 0.1) is 12.1 Å². The van der Waals surface area contributed by atoms with Gasteiger partial charge in [0.2, 0.25) is 0 Å². The van der Waals surface area contributed by atoms with E-state index < -0.39 is 5.97 Å². The summed E-state index contributed by atoms with van der Waals surface area (Å²) in [5.41, 5.74) is 2.23. The van der Waals surface area contributed by atoms with E-state index in [1.54, 1.807) is 10.9 Å². The van der Waals surface area contributed by atoms with Crippen LogP contribution >= 0.6 is 0 Å². The first kappa shape index (κ1) is 13.8. The monoisotopic (exact) mass is 285 g/mol. The fraction of sp³-hybridized carbons (Fsp3) is 0.375. The molecule has 3 rings (SSSR count). The van der Waals surface area contributed by atoms with E-state index in [2.05, 4.69) is 22.1 Å². The van der Waals surface area contributed by atoms with Crippen LogP contribution in [0.2, 0.25) is 0 Å². The van der Waals surface area contributed by atoms with Crippen molar-refractivity contribution in [2.75, 3.05) is 13.1 Å². The van der Waals surface area contributed by atoms with E-state index >= 15 is 0 Å². The van der Waals surface area contributed by atoms with Crippen molar-refractivity contribution >= 4 is 5.97 Å². The highest BCUT2D eigenvalue weighted by Gasteiger charge is 2.38. The van der Waals surface area contributed by atoms with Crippen LogP contribution < -0.4 is 0 Å². The highest BCUT2D eigenvalue weighted by Crippen LogP contribution is 2.33. The summed E-state index contributed by atoms with van der Waals surface area (Å²) < 4.78 is 1.73. The predicted molar refractivity (Wildman–Crippen MR) is 78.8 cm³/mol. The smallest absolute Gasteiger partial charge is 0.308 e. The van der Waals surface area contributed by atoms with E-state index in [0.717, 1.165) is 18.7 Å². The lowest BCUT2D eigenvalue weighted by atomic mass is 9.91. The first-order valence-electron chi connectivity index (χ1n) is 7.11. The van der Waals surface area contributed by atoms with Crippen LogP contribution in [0.3, 0.4) is 0 Å². The second-order valence-electron chi connectivity index (χ2n) is 5.68. The molecule has 21 heavy (non-hydrogen) atoms. The maximum Gasteiger partial charge on any atom is 0.308 e. The largest absolute Gasteiger partial charge is 0.481 e. The lowest BCUT2D eigenvalue weighted by Crippen LogP contribution is -2.23. The van der Waals surface area contributed by atoms with Crippen LogP contribution in [0.1, 0.15) is 17.0 Å². The average Bonchev–Trinajstić information content (AvgIpc) is 3.06. The van der Waals surface area contributed by atoms with Crippen molar-refractivity contribution < 1.29 is 9.90 Å². The highest BCUT2D eigenvalue weighted by atomic mass is 16.4. The van der Waals surface area contributed by atoms with Gasteiger partial charge in [0.1, 0.15) is 0 Å². The molecule has 2 atom stereocenters. The minimum atomic E-state index is -0.723. The molecule has 2 aromatic rings. The Morgan fingerprint density at radius 2 is 2.10 bits per heavy atom. The van der Waals surface area contributed by atoms with Crippen LogP contribution in [0.5, 0.6) is 0 Å². The molecule has 1 aliphatic heterocycles. The summed E-state index contributed by atoms with van der Waals surface area (Å²) in [5.74, 6) is -1.07. The summed E-state index contributed by atoms with van der Waals surface area (Å²) in [6.45, 7) is 2.14. The van der Waals surface area contributed by atoms with Crippen molar-refractivity contribution in [2.24, 2.45) is 13.0 Å². The number of hydrogen-bond acceptors (Lipinski definition) is 3. The van der Waals surface area contributed by atoms with Crippen LogP contribution in [0.4, 0.5) is 0 Å². The zero-order chi connectivity index (χ0) is 14.8. The van der Waals surface area contributed by atoms with Gasteiger partial charge in [-0.1, -0.05) is 30.3 Å². The van der Waals surface area contributed by atoms with Crippen molar-refractivity contribution in [3.63, 3.8) is 0 Å². The summed E-state index contributed by atoms with van der Waals surface area (Å²) in [6, 6.07) is 10.2. The number of nitrogens with zero attached hydrogens (tertiary/aromatic N) is 3. The first-order chi connectivity index (χ1) is 10.1. The Morgan fingerprint density at radius 1 is 1.33 bits per heavy atom. The minimum absolute atomic E-state index is 0.0138. The van der Waals surface area contributed by atoms with Gasteiger partial charge in [0, 0.05) is 38.8 Å². The molecule has 1 N–H and O–H groups in total. The summed E-state index contributed by atoms with van der Waals surface area (Å²) in [4.78, 5) is 13.8. The number of carbonyl (C=O) groups is 1. The van der Waals surface area contributed by atoms with E-state index in [4.69, 9.17) is 0 Å². The van der Waals surface area contributed by atoms with Gasteiger partial charge in [-0.15, -0.1) is 0 Å². The molecule has 1 aromatic heterocycles. The third-order valence-corrected chi connectivity index (χ3v) is 4.11. The second kappa shape index (κ2) is 5.69. The number of benzene rings is 1. The number of carboxylic acids is 1. The molecule has 1 saturated heterocycles. The lowest BCUT2D eigenvalue weighted by molar-refractivity contribution is -0.141. The SMILES string of the molecule is Cn1cc([C@@H]2CN(Cc3ccccc3)C[C@@H]2C(=O)O)cn1. The molecule has 0 bridgehead atoms. The zero-order valence-electron chi connectivity index (χ0n) is 12.0. The number of rotatable bonds is 4. The van der Waals surface area contributed by atoms with Crippen molar-refractivity contribution in [2.45, 2.75) is 12.5 Å². The third-order valence-electron chi connectivity index (χ3n) is 4.11. The average molecular weight is 285 g/mol. The molecule has 2 heterocycles. The molecule has 0 spiro atoms. The summed E-state index contributed by atoms with van der Waals surface area (Å²) >= 11 is 0. The lowest BCUT2D eigenvalue weighted by Gasteiger charge is -2.15. The molecule has 1 fully saturated rings. The molecule has 1 aliphatic rings. The van der Waals surface area contributed by atoms with Crippen molar-refractivity contribution in [3.8, 4) is 0 Å². The molecule has 0 unspecified atom stereocenters. The van der Waals surface area contributed by atoms with Gasteiger partial charge < -0.3 is 5.11 Å². The maximum atomic E-state index is 11.5. The Kier molecular flexibility index (Phi) is 3.75. The molecular weight excluding hydrogens is 266 g/mol. The van der Waals surface area contributed by atoms with Crippen LogP contribution in [0.25, 0.3) is 0 Å². The quantitative estimate of drug-likeness (QED) is 0.929. The van der Waals surface area contributed by atoms with E-state index in [1.165, 1.54) is 5.56 Å². The fourth-order valence-electron chi connectivity index (χ4n) is 3.08. The standard InChI is InChI=1S/C16H19N3O2/c1-18-9-13(7-17-18)14-10-19(11-15(14)16(20)21)8-12-5-3-2-4-6-12/h2-7,9,14-15H,8,10-11H2,1H3,(H,20,21)/t14-,15-/m0/s1. The van der Waals surface area contributed by atoms with E-state index in [9.17, 15) is 9.90 Å². The number of aliphatic carboxylic acids is 1. The topological polar surface area (TPSA) is 58.4 Å². The van der Waals surface area contributed by atoms with Crippen LogP contribution in [-0.2, 0) is 18.4 Å². The number of hydrogen-bond donors (Lipinski definition) is 1. The zero-order valence-corrected chi connectivity index (χ0v) is 12.0. The Balaban J connectivity index is 1.76. The summed E-state index contributed by atoms with van der Waals surface area (Å²) in [7, 11) is 1.86. The highest BCUT2D eigenvalue weighted by molar-refractivity contribution is 5.72. The molecule has 110 valence electrons. The Labute approximate surface area is 123 Å². The molecular formula is C16H19N3O2. The van der Waals surface area contributed by atoms with Crippen molar-refractivity contribution in [1.29, 1.82) is 0 Å². The number of carboxylic acid groups (broad SMARTS) is 1. The van der Waals surface area contributed by atoms with Crippen LogP contribution in [0, 0.1) is 5.92 Å². The molecule has 0 saturated carbocycles. The second-order valence-corrected chi connectivity index (χ2v) is 5.68. The van der Waals surface area contributed by atoms with Crippen molar-refractivity contribution in [1.82, 2.24) is 14.7 Å². The molecule has 0 amide bonds. The van der Waals surface area contributed by atoms with Crippen molar-refractivity contribution in [3.05, 3.63) is 53.9 Å². The molecule has 1 aromatic carbocycles. The summed E-state index contributed by atoms with van der Waals surface area (Å²) in [5, 5.41) is 13.7. The number of aryl methyl sites for hydroxylation is 1. The van der Waals surface area contributed by atoms with Gasteiger partial charge in [0.15, 0.2) is 0 Å². The third kappa shape index (κ3) is 2.97. The Morgan fingerprint density at radius 3 is 2.71 bits per heavy atom. The fourth-order valence-corrected chi connectivity index (χ4v) is 3.08. The van der Waals surface area contributed by atoms with E-state index in [-0.39, 0.29) is 11.8 Å². The molecule has 0 aliphatic carbocycles. The number of likely N-dealkylation sites (tertiary alicyclic amines) is 1. The van der Waals surface area contributed by atoms with E-state index in [0.29, 0.717) is 6.54 Å². The van der Waals surface area contributed by atoms with E-state index in [1.807, 2.05) is 31.4 Å². The molecule has 0 radical (unpaired) electrons. The predicted octanol–water partition coefficient (Wildman–Crippen LogP) is 1.72. The number of aromatic nitrogens is 2. The molecule has 5 nitrogen and oxygen atoms in total. The van der Waals surface area contributed by atoms with Crippen LogP contribution in [-0.4, -0.2) is 38.8 Å². The van der Waals surface area contributed by atoms with Gasteiger partial charge >= 0.3 is 5.97 Å². The minimum Gasteiger partial charge on any atom is -0.481 e. The molecule has 5 heteroatoms. The van der Waals surface area contributed by atoms with Gasteiger partial charge in [0.25, 0.3) is 0 Å². The van der Waals surface area contributed by atoms with Gasteiger partial charge in [-0.3, -0.25) is 14.4 Å². The first-order valence-corrected chi connectivity index (χ1v) is 7.11. The summed E-state index contributed by atoms with van der Waals surface area (Å²) in [6.07, 6.45) is 3.71. The Bertz CT molecular complexity index is 623. The Hall–Kier alpha value is -2.14.